The third-order valence-electron chi connectivity index (χ3n) is 6.19. The molecule has 2 heterocycles. The standard InChI is InChI=1S/C23H23F4N3/c1-14-11-18(24)21-17(13-28)22(30(20(21)12-14)16-7-3-4-8-16)19-9-5-6-10-29(19)15(2)23(25,26)27/h5-6,9,11-12,15-16H,3-4,7-8,10H2,1-2H3/t15-/m0/s1. The molecule has 1 fully saturated rings. The van der Waals surface area contributed by atoms with Gasteiger partial charge in [0.15, 0.2) is 0 Å². The maximum absolute atomic E-state index is 15.0. The number of benzene rings is 1. The summed E-state index contributed by atoms with van der Waals surface area (Å²) in [6.07, 6.45) is 4.26. The van der Waals surface area contributed by atoms with Gasteiger partial charge in [-0.05, 0) is 50.5 Å². The highest BCUT2D eigenvalue weighted by Gasteiger charge is 2.42. The van der Waals surface area contributed by atoms with Gasteiger partial charge in [-0.25, -0.2) is 4.39 Å². The molecule has 1 saturated carbocycles. The predicted molar refractivity (Wildman–Crippen MR) is 108 cm³/mol. The summed E-state index contributed by atoms with van der Waals surface area (Å²) < 4.78 is 57.7. The van der Waals surface area contributed by atoms with Gasteiger partial charge in [-0.15, -0.1) is 0 Å². The van der Waals surface area contributed by atoms with Gasteiger partial charge in [-0.1, -0.05) is 25.0 Å². The number of alkyl halides is 3. The number of rotatable bonds is 3. The first kappa shape index (κ1) is 20.5. The van der Waals surface area contributed by atoms with E-state index in [1.807, 2.05) is 10.6 Å². The van der Waals surface area contributed by atoms with Crippen molar-refractivity contribution in [3.05, 3.63) is 53.0 Å². The Morgan fingerprint density at radius 1 is 1.20 bits per heavy atom. The summed E-state index contributed by atoms with van der Waals surface area (Å²) >= 11 is 0. The lowest BCUT2D eigenvalue weighted by atomic mass is 10.0. The third kappa shape index (κ3) is 3.28. The molecule has 1 aliphatic heterocycles. The Labute approximate surface area is 172 Å². The number of nitrogens with zero attached hydrogens (tertiary/aromatic N) is 3. The molecule has 0 bridgehead atoms. The molecule has 2 aliphatic rings. The van der Waals surface area contributed by atoms with E-state index >= 15 is 0 Å². The molecule has 0 radical (unpaired) electrons. The van der Waals surface area contributed by atoms with Crippen molar-refractivity contribution < 1.29 is 17.6 Å². The van der Waals surface area contributed by atoms with Gasteiger partial charge in [-0.2, -0.15) is 18.4 Å². The zero-order chi connectivity index (χ0) is 21.6. The Kier molecular flexibility index (Phi) is 5.13. The second-order valence-corrected chi connectivity index (χ2v) is 8.13. The second-order valence-electron chi connectivity index (χ2n) is 8.13. The fourth-order valence-corrected chi connectivity index (χ4v) is 4.71. The molecule has 0 N–H and O–H groups in total. The van der Waals surface area contributed by atoms with Crippen molar-refractivity contribution >= 4 is 16.6 Å². The van der Waals surface area contributed by atoms with E-state index in [1.54, 1.807) is 25.2 Å². The number of fused-ring (bicyclic) bond motifs is 1. The Hall–Kier alpha value is -2.75. The molecule has 7 heteroatoms. The molecule has 30 heavy (non-hydrogen) atoms. The van der Waals surface area contributed by atoms with Crippen molar-refractivity contribution in [3.63, 3.8) is 0 Å². The molecule has 4 rings (SSSR count). The van der Waals surface area contributed by atoms with E-state index in [1.165, 1.54) is 11.0 Å². The predicted octanol–water partition coefficient (Wildman–Crippen LogP) is 6.24. The van der Waals surface area contributed by atoms with Gasteiger partial charge in [0.05, 0.1) is 27.9 Å². The summed E-state index contributed by atoms with van der Waals surface area (Å²) in [5.74, 6) is -0.512. The van der Waals surface area contributed by atoms with Crippen molar-refractivity contribution in [1.82, 2.24) is 9.47 Å². The van der Waals surface area contributed by atoms with Crippen LogP contribution in [0.15, 0.2) is 30.4 Å². The fourth-order valence-electron chi connectivity index (χ4n) is 4.71. The lowest BCUT2D eigenvalue weighted by molar-refractivity contribution is -0.169. The zero-order valence-corrected chi connectivity index (χ0v) is 16.9. The molecule has 0 amide bonds. The van der Waals surface area contributed by atoms with Gasteiger partial charge < -0.3 is 9.47 Å². The van der Waals surface area contributed by atoms with E-state index in [-0.39, 0.29) is 23.5 Å². The maximum Gasteiger partial charge on any atom is 0.408 e. The summed E-state index contributed by atoms with van der Waals surface area (Å²) in [6.45, 7) is 2.97. The minimum Gasteiger partial charge on any atom is -0.354 e. The molecule has 1 aliphatic carbocycles. The number of halogens is 4. The summed E-state index contributed by atoms with van der Waals surface area (Å²) in [5.41, 5.74) is 2.12. The molecule has 1 aromatic carbocycles. The molecular formula is C23H23F4N3. The lowest BCUT2D eigenvalue weighted by Crippen LogP contribution is -2.43. The Bertz CT molecular complexity index is 1080. The first-order valence-corrected chi connectivity index (χ1v) is 10.2. The van der Waals surface area contributed by atoms with Gasteiger partial charge in [0, 0.05) is 12.6 Å². The molecule has 3 nitrogen and oxygen atoms in total. The molecule has 158 valence electrons. The van der Waals surface area contributed by atoms with Crippen LogP contribution in [0.25, 0.3) is 16.6 Å². The van der Waals surface area contributed by atoms with Gasteiger partial charge in [0.2, 0.25) is 0 Å². The Balaban J connectivity index is 2.03. The largest absolute Gasteiger partial charge is 0.408 e. The quantitative estimate of drug-likeness (QED) is 0.554. The van der Waals surface area contributed by atoms with Crippen LogP contribution in [-0.4, -0.2) is 28.2 Å². The number of hydrogen-bond acceptors (Lipinski definition) is 2. The highest BCUT2D eigenvalue weighted by molar-refractivity contribution is 5.94. The highest BCUT2D eigenvalue weighted by Crippen LogP contribution is 2.43. The van der Waals surface area contributed by atoms with Crippen LogP contribution in [0.2, 0.25) is 0 Å². The van der Waals surface area contributed by atoms with E-state index < -0.39 is 18.0 Å². The molecule has 0 unspecified atom stereocenters. The van der Waals surface area contributed by atoms with Crippen LogP contribution >= 0.6 is 0 Å². The molecule has 0 saturated heterocycles. The second kappa shape index (κ2) is 7.50. The van der Waals surface area contributed by atoms with Crippen molar-refractivity contribution in [2.45, 2.75) is 57.8 Å². The van der Waals surface area contributed by atoms with Gasteiger partial charge in [0.25, 0.3) is 0 Å². The van der Waals surface area contributed by atoms with Crippen LogP contribution in [0, 0.1) is 24.1 Å². The number of aryl methyl sites for hydroxylation is 1. The minimum atomic E-state index is -4.43. The summed E-state index contributed by atoms with van der Waals surface area (Å²) in [7, 11) is 0. The van der Waals surface area contributed by atoms with Crippen LogP contribution in [0.4, 0.5) is 17.6 Å². The van der Waals surface area contributed by atoms with Crippen molar-refractivity contribution in [2.24, 2.45) is 0 Å². The van der Waals surface area contributed by atoms with E-state index in [4.69, 9.17) is 0 Å². The van der Waals surface area contributed by atoms with Crippen LogP contribution in [0.1, 0.15) is 55.5 Å². The van der Waals surface area contributed by atoms with Crippen LogP contribution < -0.4 is 0 Å². The number of aromatic nitrogens is 1. The SMILES string of the molecule is Cc1cc(F)c2c(C#N)c(C3=CC=CCN3[C@@H](C)C(F)(F)F)n(C3CCCC3)c2c1. The normalized spacial score (nSPS) is 18.7. The summed E-state index contributed by atoms with van der Waals surface area (Å²) in [4.78, 5) is 1.26. The van der Waals surface area contributed by atoms with Crippen molar-refractivity contribution in [2.75, 3.05) is 6.54 Å². The lowest BCUT2D eigenvalue weighted by Gasteiger charge is -2.36. The van der Waals surface area contributed by atoms with Crippen molar-refractivity contribution in [3.8, 4) is 6.07 Å². The molecular weight excluding hydrogens is 394 g/mol. The first-order valence-electron chi connectivity index (χ1n) is 10.2. The summed E-state index contributed by atoms with van der Waals surface area (Å²) in [6, 6.07) is 3.60. The van der Waals surface area contributed by atoms with Gasteiger partial charge >= 0.3 is 6.18 Å². The maximum atomic E-state index is 15.0. The third-order valence-corrected chi connectivity index (χ3v) is 6.19. The number of allylic oxidation sites excluding steroid dienone is 2. The first-order chi connectivity index (χ1) is 14.2. The average Bonchev–Trinajstić information content (AvgIpc) is 3.32. The molecule has 0 spiro atoms. The molecule has 1 atom stereocenters. The monoisotopic (exact) mass is 417 g/mol. The average molecular weight is 417 g/mol. The van der Waals surface area contributed by atoms with E-state index in [0.29, 0.717) is 22.5 Å². The Morgan fingerprint density at radius 2 is 1.90 bits per heavy atom. The van der Waals surface area contributed by atoms with Gasteiger partial charge in [0.1, 0.15) is 17.9 Å². The van der Waals surface area contributed by atoms with Crippen LogP contribution in [0.3, 0.4) is 0 Å². The number of nitriles is 1. The smallest absolute Gasteiger partial charge is 0.354 e. The summed E-state index contributed by atoms with van der Waals surface area (Å²) in [5, 5.41) is 10.2. The van der Waals surface area contributed by atoms with E-state index in [2.05, 4.69) is 6.07 Å². The van der Waals surface area contributed by atoms with Crippen LogP contribution in [0.5, 0.6) is 0 Å². The zero-order valence-electron chi connectivity index (χ0n) is 16.9. The molecule has 1 aromatic heterocycles. The van der Waals surface area contributed by atoms with E-state index in [0.717, 1.165) is 32.6 Å². The minimum absolute atomic E-state index is 0.0284. The fraction of sp³-hybridized carbons (Fsp3) is 0.435. The van der Waals surface area contributed by atoms with Gasteiger partial charge in [-0.3, -0.25) is 0 Å². The van der Waals surface area contributed by atoms with Crippen molar-refractivity contribution in [1.29, 1.82) is 5.26 Å². The highest BCUT2D eigenvalue weighted by atomic mass is 19.4. The Morgan fingerprint density at radius 3 is 2.53 bits per heavy atom. The molecule has 2 aromatic rings. The van der Waals surface area contributed by atoms with E-state index in [9.17, 15) is 22.8 Å². The topological polar surface area (TPSA) is 32.0 Å². The number of hydrogen-bond donors (Lipinski definition) is 0. The van der Waals surface area contributed by atoms with Crippen LogP contribution in [-0.2, 0) is 0 Å².